The normalized spacial score (nSPS) is 10.3. The van der Waals surface area contributed by atoms with Gasteiger partial charge in [0, 0.05) is 20.2 Å². The first kappa shape index (κ1) is 10.9. The topological polar surface area (TPSA) is 71.3 Å². The van der Waals surface area contributed by atoms with Gasteiger partial charge in [-0.25, -0.2) is 9.99 Å². The average Bonchev–Trinajstić information content (AvgIpc) is 2.07. The second kappa shape index (κ2) is 4.34. The summed E-state index contributed by atoms with van der Waals surface area (Å²) in [7, 11) is 3.60. The van der Waals surface area contributed by atoms with Crippen molar-refractivity contribution in [3.05, 3.63) is 26.9 Å². The molecule has 0 saturated carbocycles. The van der Waals surface area contributed by atoms with Crippen LogP contribution in [0.1, 0.15) is 0 Å². The van der Waals surface area contributed by atoms with Gasteiger partial charge >= 0.3 is 0 Å². The number of rotatable bonds is 3. The second-order valence-corrected chi connectivity index (χ2v) is 3.64. The highest BCUT2D eigenvalue weighted by atomic mass is 79.9. The molecule has 0 aliphatic heterocycles. The Morgan fingerprint density at radius 1 is 1.64 bits per heavy atom. The highest BCUT2D eigenvalue weighted by Crippen LogP contribution is 2.24. The molecule has 1 aromatic heterocycles. The molecule has 6 nitrogen and oxygen atoms in total. The van der Waals surface area contributed by atoms with Crippen molar-refractivity contribution in [3.63, 3.8) is 0 Å². The SMILES string of the molecule is CN(C)Nc1ncc([N+](=O)[O-])cc1Br. The maximum atomic E-state index is 10.4. The number of nitro groups is 1. The zero-order chi connectivity index (χ0) is 10.7. The first-order valence-corrected chi connectivity index (χ1v) is 4.54. The maximum Gasteiger partial charge on any atom is 0.288 e. The Morgan fingerprint density at radius 2 is 2.29 bits per heavy atom. The predicted octanol–water partition coefficient (Wildman–Crippen LogP) is 1.64. The molecule has 0 radical (unpaired) electrons. The number of halogens is 1. The number of hydrogen-bond acceptors (Lipinski definition) is 5. The van der Waals surface area contributed by atoms with Gasteiger partial charge in [-0.2, -0.15) is 0 Å². The molecule has 0 amide bonds. The van der Waals surface area contributed by atoms with Gasteiger partial charge in [-0.3, -0.25) is 10.1 Å². The Labute approximate surface area is 89.2 Å². The summed E-state index contributed by atoms with van der Waals surface area (Å²) in [6.07, 6.45) is 1.20. The van der Waals surface area contributed by atoms with E-state index in [9.17, 15) is 10.1 Å². The highest BCUT2D eigenvalue weighted by Gasteiger charge is 2.10. The smallest absolute Gasteiger partial charge is 0.288 e. The van der Waals surface area contributed by atoms with Crippen molar-refractivity contribution in [2.24, 2.45) is 0 Å². The average molecular weight is 261 g/mol. The molecule has 76 valence electrons. The lowest BCUT2D eigenvalue weighted by atomic mass is 10.4. The van der Waals surface area contributed by atoms with E-state index in [1.807, 2.05) is 0 Å². The minimum Gasteiger partial charge on any atom is -0.303 e. The lowest BCUT2D eigenvalue weighted by molar-refractivity contribution is -0.385. The molecule has 0 aromatic carbocycles. The summed E-state index contributed by atoms with van der Waals surface area (Å²) in [5.74, 6) is 0.542. The first-order valence-electron chi connectivity index (χ1n) is 3.74. The van der Waals surface area contributed by atoms with Gasteiger partial charge in [0.2, 0.25) is 0 Å². The number of pyridine rings is 1. The molecule has 0 unspecified atom stereocenters. The number of aromatic nitrogens is 1. The van der Waals surface area contributed by atoms with Gasteiger partial charge in [0.25, 0.3) is 5.69 Å². The van der Waals surface area contributed by atoms with E-state index < -0.39 is 4.92 Å². The zero-order valence-corrected chi connectivity index (χ0v) is 9.28. The Morgan fingerprint density at radius 3 is 2.71 bits per heavy atom. The van der Waals surface area contributed by atoms with E-state index in [1.165, 1.54) is 12.3 Å². The molecular formula is C7H9BrN4O2. The standard InChI is InChI=1S/C7H9BrN4O2/c1-11(2)10-7-6(8)3-5(4-9-7)12(13)14/h3-4H,1-2H3,(H,9,10). The second-order valence-electron chi connectivity index (χ2n) is 2.79. The third-order valence-electron chi connectivity index (χ3n) is 1.37. The van der Waals surface area contributed by atoms with Crippen molar-refractivity contribution < 1.29 is 4.92 Å². The van der Waals surface area contributed by atoms with Gasteiger partial charge < -0.3 is 5.43 Å². The quantitative estimate of drug-likeness (QED) is 0.661. The number of nitrogens with zero attached hydrogens (tertiary/aromatic N) is 3. The number of nitrogens with one attached hydrogen (secondary N) is 1. The molecule has 1 heterocycles. The summed E-state index contributed by atoms with van der Waals surface area (Å²) < 4.78 is 0.556. The van der Waals surface area contributed by atoms with Crippen LogP contribution in [0.2, 0.25) is 0 Å². The van der Waals surface area contributed by atoms with Gasteiger partial charge in [-0.1, -0.05) is 0 Å². The van der Waals surface area contributed by atoms with Gasteiger partial charge in [0.05, 0.1) is 9.40 Å². The van der Waals surface area contributed by atoms with E-state index in [1.54, 1.807) is 19.1 Å². The van der Waals surface area contributed by atoms with Crippen LogP contribution in [0.3, 0.4) is 0 Å². The largest absolute Gasteiger partial charge is 0.303 e. The molecule has 0 spiro atoms. The fourth-order valence-electron chi connectivity index (χ4n) is 0.822. The van der Waals surface area contributed by atoms with E-state index in [-0.39, 0.29) is 5.69 Å². The van der Waals surface area contributed by atoms with Crippen molar-refractivity contribution in [1.29, 1.82) is 0 Å². The van der Waals surface area contributed by atoms with Crippen LogP contribution in [-0.2, 0) is 0 Å². The van der Waals surface area contributed by atoms with Gasteiger partial charge in [0.1, 0.15) is 6.20 Å². The first-order chi connectivity index (χ1) is 6.50. The lowest BCUT2D eigenvalue weighted by Gasteiger charge is -2.13. The Bertz CT molecular complexity index is 356. The molecule has 14 heavy (non-hydrogen) atoms. The van der Waals surface area contributed by atoms with Gasteiger partial charge in [-0.15, -0.1) is 0 Å². The van der Waals surface area contributed by atoms with E-state index in [2.05, 4.69) is 26.3 Å². The summed E-state index contributed by atoms with van der Waals surface area (Å²) in [4.78, 5) is 13.8. The van der Waals surface area contributed by atoms with E-state index in [4.69, 9.17) is 0 Å². The minimum absolute atomic E-state index is 0.0406. The van der Waals surface area contributed by atoms with Crippen molar-refractivity contribution in [2.45, 2.75) is 0 Å². The van der Waals surface area contributed by atoms with Crippen LogP contribution in [0.4, 0.5) is 11.5 Å². The lowest BCUT2D eigenvalue weighted by Crippen LogP contribution is -2.20. The maximum absolute atomic E-state index is 10.4. The van der Waals surface area contributed by atoms with Crippen LogP contribution in [-0.4, -0.2) is 29.0 Å². The van der Waals surface area contributed by atoms with Crippen LogP contribution in [0, 0.1) is 10.1 Å². The third-order valence-corrected chi connectivity index (χ3v) is 1.97. The fraction of sp³-hybridized carbons (Fsp3) is 0.286. The number of hydrogen-bond donors (Lipinski definition) is 1. The van der Waals surface area contributed by atoms with E-state index in [0.717, 1.165) is 0 Å². The van der Waals surface area contributed by atoms with Gasteiger partial charge in [-0.05, 0) is 15.9 Å². The molecule has 0 aliphatic carbocycles. The molecule has 1 aromatic rings. The highest BCUT2D eigenvalue weighted by molar-refractivity contribution is 9.10. The number of hydrazine groups is 1. The van der Waals surface area contributed by atoms with Crippen molar-refractivity contribution in [2.75, 3.05) is 19.5 Å². The number of anilines is 1. The van der Waals surface area contributed by atoms with Crippen LogP contribution in [0.15, 0.2) is 16.7 Å². The van der Waals surface area contributed by atoms with Gasteiger partial charge in [0.15, 0.2) is 5.82 Å². The minimum atomic E-state index is -0.489. The third kappa shape index (κ3) is 2.64. The van der Waals surface area contributed by atoms with Crippen LogP contribution in [0.5, 0.6) is 0 Å². The molecule has 0 aliphatic rings. The van der Waals surface area contributed by atoms with E-state index in [0.29, 0.717) is 10.3 Å². The molecule has 1 N–H and O–H groups in total. The van der Waals surface area contributed by atoms with Crippen molar-refractivity contribution >= 4 is 27.4 Å². The van der Waals surface area contributed by atoms with Crippen molar-refractivity contribution in [1.82, 2.24) is 9.99 Å². The Kier molecular flexibility index (Phi) is 3.37. The monoisotopic (exact) mass is 260 g/mol. The Balaban J connectivity index is 2.95. The summed E-state index contributed by atoms with van der Waals surface area (Å²) >= 11 is 3.19. The fourth-order valence-corrected chi connectivity index (χ4v) is 1.25. The zero-order valence-electron chi connectivity index (χ0n) is 7.69. The van der Waals surface area contributed by atoms with Crippen molar-refractivity contribution in [3.8, 4) is 0 Å². The molecule has 7 heteroatoms. The summed E-state index contributed by atoms with van der Waals surface area (Å²) in [5, 5.41) is 12.1. The Hall–Kier alpha value is -1.21. The molecule has 0 bridgehead atoms. The van der Waals surface area contributed by atoms with Crippen LogP contribution >= 0.6 is 15.9 Å². The van der Waals surface area contributed by atoms with Crippen LogP contribution < -0.4 is 5.43 Å². The summed E-state index contributed by atoms with van der Waals surface area (Å²) in [5.41, 5.74) is 2.85. The predicted molar refractivity (Wildman–Crippen MR) is 55.9 cm³/mol. The molecule has 0 atom stereocenters. The molecule has 0 saturated heterocycles. The summed E-state index contributed by atoms with van der Waals surface area (Å²) in [6, 6.07) is 1.40. The molecular weight excluding hydrogens is 252 g/mol. The molecule has 0 fully saturated rings. The van der Waals surface area contributed by atoms with Crippen LogP contribution in [0.25, 0.3) is 0 Å². The van der Waals surface area contributed by atoms with E-state index >= 15 is 0 Å². The molecule has 1 rings (SSSR count). The summed E-state index contributed by atoms with van der Waals surface area (Å²) in [6.45, 7) is 0.